The Morgan fingerprint density at radius 3 is 2.32 bits per heavy atom. The first-order chi connectivity index (χ1) is 13.3. The zero-order valence-electron chi connectivity index (χ0n) is 15.3. The van der Waals surface area contributed by atoms with Gasteiger partial charge in [0.25, 0.3) is 0 Å². The Hall–Kier alpha value is -3.09. The Kier molecular flexibility index (Phi) is 5.27. The molecule has 0 fully saturated rings. The van der Waals surface area contributed by atoms with Gasteiger partial charge >= 0.3 is 12.1 Å². The van der Waals surface area contributed by atoms with Gasteiger partial charge in [-0.05, 0) is 49.2 Å². The highest BCUT2D eigenvalue weighted by molar-refractivity contribution is 6.06. The lowest BCUT2D eigenvalue weighted by atomic mass is 9.93. The van der Waals surface area contributed by atoms with E-state index in [-0.39, 0.29) is 22.2 Å². The van der Waals surface area contributed by atoms with E-state index < -0.39 is 17.7 Å². The lowest BCUT2D eigenvalue weighted by molar-refractivity contribution is -0.136. The molecule has 0 spiro atoms. The van der Waals surface area contributed by atoms with Gasteiger partial charge in [-0.2, -0.15) is 13.2 Å². The zero-order valence-corrected chi connectivity index (χ0v) is 15.3. The maximum atomic E-state index is 13.5. The molecule has 1 heterocycles. The molecule has 28 heavy (non-hydrogen) atoms. The zero-order chi connectivity index (χ0) is 20.5. The molecule has 0 saturated carbocycles. The minimum atomic E-state index is -4.65. The molecule has 7 heteroatoms. The van der Waals surface area contributed by atoms with Gasteiger partial charge in [0, 0.05) is 10.9 Å². The lowest BCUT2D eigenvalue weighted by Gasteiger charge is -2.17. The smallest absolute Gasteiger partial charge is 0.418 e. The van der Waals surface area contributed by atoms with Crippen LogP contribution in [0.2, 0.25) is 0 Å². The van der Waals surface area contributed by atoms with E-state index >= 15 is 0 Å². The monoisotopic (exact) mass is 389 g/mol. The van der Waals surface area contributed by atoms with Crippen LogP contribution >= 0.6 is 0 Å². The summed E-state index contributed by atoms with van der Waals surface area (Å²) in [4.78, 5) is 16.2. The maximum absolute atomic E-state index is 13.5. The number of para-hydroxylation sites is 1. The molecule has 0 unspecified atom stereocenters. The Morgan fingerprint density at radius 2 is 1.79 bits per heavy atom. The number of carbonyl (C=O) groups is 1. The summed E-state index contributed by atoms with van der Waals surface area (Å²) in [6.45, 7) is 4.07. The van der Waals surface area contributed by atoms with Crippen LogP contribution in [0.25, 0.3) is 22.2 Å². The van der Waals surface area contributed by atoms with Gasteiger partial charge in [0.15, 0.2) is 0 Å². The summed E-state index contributed by atoms with van der Waals surface area (Å²) >= 11 is 0. The van der Waals surface area contributed by atoms with Gasteiger partial charge in [0.05, 0.1) is 28.9 Å². The van der Waals surface area contributed by atoms with Crippen LogP contribution in [0.1, 0.15) is 35.3 Å². The van der Waals surface area contributed by atoms with Crippen LogP contribution in [0.15, 0.2) is 42.5 Å². The van der Waals surface area contributed by atoms with Crippen molar-refractivity contribution in [1.29, 1.82) is 0 Å². The molecule has 2 aromatic carbocycles. The van der Waals surface area contributed by atoms with Gasteiger partial charge in [-0.15, -0.1) is 0 Å². The maximum Gasteiger partial charge on any atom is 0.418 e. The fourth-order valence-electron chi connectivity index (χ4n) is 3.26. The van der Waals surface area contributed by atoms with Crippen molar-refractivity contribution in [2.75, 3.05) is 6.61 Å². The third kappa shape index (κ3) is 3.52. The molecule has 0 radical (unpaired) electrons. The molecule has 146 valence electrons. The second kappa shape index (κ2) is 7.50. The number of fused-ring (bicyclic) bond motifs is 1. The van der Waals surface area contributed by atoms with Gasteiger partial charge in [0.2, 0.25) is 0 Å². The average molecular weight is 389 g/mol. The molecule has 0 saturated heterocycles. The van der Waals surface area contributed by atoms with E-state index in [1.165, 1.54) is 12.1 Å². The molecule has 0 aliphatic carbocycles. The molecule has 0 atom stereocenters. The number of ether oxygens (including phenoxy) is 1. The quantitative estimate of drug-likeness (QED) is 0.619. The number of carboxylic acids is 1. The predicted octanol–water partition coefficient (Wildman–Crippen LogP) is 5.58. The van der Waals surface area contributed by atoms with Crippen LogP contribution < -0.4 is 4.74 Å². The third-order valence-corrected chi connectivity index (χ3v) is 4.43. The average Bonchev–Trinajstić information content (AvgIpc) is 2.65. The minimum absolute atomic E-state index is 0.0196. The molecular weight excluding hydrogens is 371 g/mol. The van der Waals surface area contributed by atoms with Gasteiger partial charge in [-0.1, -0.05) is 19.1 Å². The summed E-state index contributed by atoms with van der Waals surface area (Å²) in [6, 6.07) is 10.2. The molecule has 0 aliphatic rings. The summed E-state index contributed by atoms with van der Waals surface area (Å²) in [5.74, 6) is -0.671. The highest BCUT2D eigenvalue weighted by Crippen LogP contribution is 2.38. The number of aromatic carboxylic acids is 1. The van der Waals surface area contributed by atoms with Crippen molar-refractivity contribution >= 4 is 16.9 Å². The van der Waals surface area contributed by atoms with Crippen molar-refractivity contribution in [3.63, 3.8) is 0 Å². The first-order valence-electron chi connectivity index (χ1n) is 8.77. The molecule has 0 bridgehead atoms. The fraction of sp³-hybridized carbons (Fsp3) is 0.238. The van der Waals surface area contributed by atoms with Crippen LogP contribution in [0.4, 0.5) is 13.2 Å². The largest absolute Gasteiger partial charge is 0.494 e. The van der Waals surface area contributed by atoms with Crippen LogP contribution in [0, 0.1) is 0 Å². The topological polar surface area (TPSA) is 59.4 Å². The van der Waals surface area contributed by atoms with Crippen LogP contribution in [0.3, 0.4) is 0 Å². The Balaban J connectivity index is 2.37. The number of benzene rings is 2. The van der Waals surface area contributed by atoms with Crippen molar-refractivity contribution in [3.8, 4) is 17.0 Å². The SMILES string of the molecule is CCOc1ccc(-c2nc3c(C(F)(F)F)cccc3c(C(=O)O)c2CC)cc1. The molecular formula is C21H18F3NO3. The second-order valence-electron chi connectivity index (χ2n) is 6.13. The van der Waals surface area contributed by atoms with Crippen molar-refractivity contribution in [1.82, 2.24) is 4.98 Å². The molecule has 0 aliphatic heterocycles. The number of carboxylic acid groups (broad SMARTS) is 1. The summed E-state index contributed by atoms with van der Waals surface area (Å²) in [7, 11) is 0. The Bertz CT molecular complexity index is 1030. The third-order valence-electron chi connectivity index (χ3n) is 4.43. The van der Waals surface area contributed by atoms with Gasteiger partial charge in [-0.3, -0.25) is 0 Å². The van der Waals surface area contributed by atoms with Gasteiger partial charge in [-0.25, -0.2) is 9.78 Å². The molecule has 4 nitrogen and oxygen atoms in total. The van der Waals surface area contributed by atoms with Gasteiger partial charge < -0.3 is 9.84 Å². The van der Waals surface area contributed by atoms with Crippen LogP contribution in [-0.4, -0.2) is 22.7 Å². The lowest BCUT2D eigenvalue weighted by Crippen LogP contribution is -2.11. The van der Waals surface area contributed by atoms with E-state index in [2.05, 4.69) is 4.98 Å². The van der Waals surface area contributed by atoms with Crippen LogP contribution in [0.5, 0.6) is 5.75 Å². The molecule has 3 rings (SSSR count). The predicted molar refractivity (Wildman–Crippen MR) is 99.7 cm³/mol. The first kappa shape index (κ1) is 19.7. The summed E-state index contributed by atoms with van der Waals surface area (Å²) in [5.41, 5.74) is -0.323. The van der Waals surface area contributed by atoms with E-state index in [4.69, 9.17) is 4.74 Å². The van der Waals surface area contributed by atoms with E-state index in [9.17, 15) is 23.1 Å². The second-order valence-corrected chi connectivity index (χ2v) is 6.13. The van der Waals surface area contributed by atoms with Gasteiger partial charge in [0.1, 0.15) is 5.75 Å². The normalized spacial score (nSPS) is 11.6. The number of hydrogen-bond donors (Lipinski definition) is 1. The first-order valence-corrected chi connectivity index (χ1v) is 8.77. The highest BCUT2D eigenvalue weighted by atomic mass is 19.4. The fourth-order valence-corrected chi connectivity index (χ4v) is 3.26. The number of aromatic nitrogens is 1. The summed E-state index contributed by atoms with van der Waals surface area (Å²) in [6.07, 6.45) is -4.34. The van der Waals surface area contributed by atoms with Crippen molar-refractivity contribution < 1.29 is 27.8 Å². The minimum Gasteiger partial charge on any atom is -0.494 e. The van der Waals surface area contributed by atoms with E-state index in [0.717, 1.165) is 6.07 Å². The molecule has 0 amide bonds. The summed E-state index contributed by atoms with van der Waals surface area (Å²) < 4.78 is 45.9. The van der Waals surface area contributed by atoms with Crippen LogP contribution in [-0.2, 0) is 12.6 Å². The number of rotatable bonds is 5. The van der Waals surface area contributed by atoms with E-state index in [1.807, 2.05) is 6.92 Å². The molecule has 3 aromatic rings. The number of hydrogen-bond acceptors (Lipinski definition) is 3. The number of pyridine rings is 1. The van der Waals surface area contributed by atoms with Crippen molar-refractivity contribution in [2.24, 2.45) is 0 Å². The Labute approximate surface area is 159 Å². The van der Waals surface area contributed by atoms with Crippen molar-refractivity contribution in [3.05, 3.63) is 59.2 Å². The number of nitrogens with zero attached hydrogens (tertiary/aromatic N) is 1. The highest BCUT2D eigenvalue weighted by Gasteiger charge is 2.34. The number of halogens is 3. The van der Waals surface area contributed by atoms with Crippen molar-refractivity contribution in [2.45, 2.75) is 26.4 Å². The molecule has 1 N–H and O–H groups in total. The number of alkyl halides is 3. The van der Waals surface area contributed by atoms with E-state index in [1.54, 1.807) is 31.2 Å². The van der Waals surface area contributed by atoms with E-state index in [0.29, 0.717) is 29.9 Å². The Morgan fingerprint density at radius 1 is 1.11 bits per heavy atom. The summed E-state index contributed by atoms with van der Waals surface area (Å²) in [5, 5.41) is 9.73. The molecule has 1 aromatic heterocycles. The standard InChI is InChI=1S/C21H18F3NO3/c1-3-14-17(20(26)27)15-6-5-7-16(21(22,23)24)19(15)25-18(14)12-8-10-13(11-9-12)28-4-2/h5-11H,3-4H2,1-2H3,(H,26,27).